The highest BCUT2D eigenvalue weighted by atomic mass is 35.5. The molecule has 3 aromatic carbocycles. The molecule has 1 aromatic heterocycles. The first kappa shape index (κ1) is 25.6. The maximum Gasteiger partial charge on any atom is 0.256 e. The van der Waals surface area contributed by atoms with Gasteiger partial charge >= 0.3 is 0 Å². The Kier molecular flexibility index (Phi) is 8.19. The van der Waals surface area contributed by atoms with Crippen LogP contribution in [-0.2, 0) is 11.3 Å². The molecule has 0 bridgehead atoms. The van der Waals surface area contributed by atoms with Gasteiger partial charge < -0.3 is 10.6 Å². The first-order chi connectivity index (χ1) is 17.3. The minimum absolute atomic E-state index is 0.0269. The second kappa shape index (κ2) is 11.5. The highest BCUT2D eigenvalue weighted by Crippen LogP contribution is 2.25. The maximum absolute atomic E-state index is 14.1. The second-order valence-corrected chi connectivity index (χ2v) is 9.10. The number of carbonyl (C=O) groups is 2. The fourth-order valence-electron chi connectivity index (χ4n) is 3.22. The fourth-order valence-corrected chi connectivity index (χ4v) is 4.43. The molecule has 0 fully saturated rings. The first-order valence-corrected chi connectivity index (χ1v) is 12.2. The maximum atomic E-state index is 14.1. The minimum atomic E-state index is -0.756. The number of aromatic nitrogens is 3. The molecule has 36 heavy (non-hydrogen) atoms. The number of hydrogen-bond acceptors (Lipinski definition) is 5. The summed E-state index contributed by atoms with van der Waals surface area (Å²) in [6.07, 6.45) is 0. The quantitative estimate of drug-likeness (QED) is 0.284. The van der Waals surface area contributed by atoms with Crippen LogP contribution in [0.5, 0.6) is 0 Å². The molecule has 0 aliphatic carbocycles. The zero-order valence-corrected chi connectivity index (χ0v) is 20.7. The summed E-state index contributed by atoms with van der Waals surface area (Å²) in [6, 6.07) is 16.6. The number of nitrogens with zero attached hydrogens (tertiary/aromatic N) is 3. The average Bonchev–Trinajstić information content (AvgIpc) is 3.25. The number of halogens is 4. The molecular weight excluding hydrogens is 531 g/mol. The van der Waals surface area contributed by atoms with E-state index in [0.717, 1.165) is 17.8 Å². The molecule has 0 spiro atoms. The highest BCUT2D eigenvalue weighted by molar-refractivity contribution is 7.99. The van der Waals surface area contributed by atoms with Crippen molar-refractivity contribution in [1.29, 1.82) is 0 Å². The van der Waals surface area contributed by atoms with Crippen LogP contribution >= 0.6 is 35.0 Å². The standard InChI is InChI=1S/C24H17Cl2F2N5O2S/c25-14-5-3-6-15(11-14)33-20(12-29-23(35)22-16(26)7-4-9-18(22)28)31-32-24(33)36-13-21(34)30-19-10-2-1-8-17(19)27/h1-11H,12-13H2,(H,29,35)(H,30,34). The molecule has 0 saturated heterocycles. The Morgan fingerprint density at radius 1 is 0.944 bits per heavy atom. The highest BCUT2D eigenvalue weighted by Gasteiger charge is 2.20. The van der Waals surface area contributed by atoms with Crippen molar-refractivity contribution in [3.8, 4) is 5.69 Å². The van der Waals surface area contributed by atoms with Gasteiger partial charge in [0.05, 0.1) is 34.3 Å². The number of anilines is 1. The number of benzene rings is 3. The van der Waals surface area contributed by atoms with Crippen LogP contribution in [0.4, 0.5) is 14.5 Å². The lowest BCUT2D eigenvalue weighted by Gasteiger charge is -2.12. The van der Waals surface area contributed by atoms with Crippen LogP contribution in [0.15, 0.2) is 71.9 Å². The van der Waals surface area contributed by atoms with E-state index in [2.05, 4.69) is 20.8 Å². The molecule has 12 heteroatoms. The van der Waals surface area contributed by atoms with Gasteiger partial charge in [0, 0.05) is 5.02 Å². The molecule has 0 radical (unpaired) electrons. The Hall–Kier alpha value is -3.47. The van der Waals surface area contributed by atoms with Crippen LogP contribution in [0.3, 0.4) is 0 Å². The summed E-state index contributed by atoms with van der Waals surface area (Å²) in [4.78, 5) is 25.0. The minimum Gasteiger partial charge on any atom is -0.345 e. The van der Waals surface area contributed by atoms with Gasteiger partial charge in [0.2, 0.25) is 5.91 Å². The number of nitrogens with one attached hydrogen (secondary N) is 2. The lowest BCUT2D eigenvalue weighted by Crippen LogP contribution is -2.26. The SMILES string of the molecule is O=C(CSc1nnc(CNC(=O)c2c(F)cccc2Cl)n1-c1cccc(Cl)c1)Nc1ccccc1F. The van der Waals surface area contributed by atoms with Crippen molar-refractivity contribution in [3.05, 3.63) is 99.8 Å². The zero-order chi connectivity index (χ0) is 25.7. The predicted molar refractivity (Wildman–Crippen MR) is 135 cm³/mol. The zero-order valence-electron chi connectivity index (χ0n) is 18.3. The van der Waals surface area contributed by atoms with Crippen molar-refractivity contribution in [2.45, 2.75) is 11.7 Å². The summed E-state index contributed by atoms with van der Waals surface area (Å²) in [7, 11) is 0. The topological polar surface area (TPSA) is 88.9 Å². The van der Waals surface area contributed by atoms with Crippen molar-refractivity contribution >= 4 is 52.5 Å². The van der Waals surface area contributed by atoms with Gasteiger partial charge in [-0.3, -0.25) is 14.2 Å². The number of amides is 2. The lowest BCUT2D eigenvalue weighted by molar-refractivity contribution is -0.113. The van der Waals surface area contributed by atoms with Gasteiger partial charge in [0.1, 0.15) is 11.6 Å². The predicted octanol–water partition coefficient (Wildman–Crippen LogP) is 5.51. The van der Waals surface area contributed by atoms with Gasteiger partial charge in [0.25, 0.3) is 5.91 Å². The number of para-hydroxylation sites is 1. The molecule has 0 aliphatic heterocycles. The summed E-state index contributed by atoms with van der Waals surface area (Å²) in [5.74, 6) is -2.27. The molecular formula is C24H17Cl2F2N5O2S. The third-order valence-corrected chi connectivity index (χ3v) is 6.32. The molecule has 0 saturated carbocycles. The Bertz CT molecular complexity index is 1410. The molecule has 0 aliphatic rings. The monoisotopic (exact) mass is 547 g/mol. The van der Waals surface area contributed by atoms with Gasteiger partial charge in [0.15, 0.2) is 11.0 Å². The van der Waals surface area contributed by atoms with Crippen LogP contribution < -0.4 is 10.6 Å². The van der Waals surface area contributed by atoms with Crippen molar-refractivity contribution in [2.24, 2.45) is 0 Å². The van der Waals surface area contributed by atoms with E-state index in [1.807, 2.05) is 0 Å². The fraction of sp³-hybridized carbons (Fsp3) is 0.0833. The van der Waals surface area contributed by atoms with Crippen molar-refractivity contribution in [3.63, 3.8) is 0 Å². The average molecular weight is 548 g/mol. The summed E-state index contributed by atoms with van der Waals surface area (Å²) >= 11 is 13.2. The van der Waals surface area contributed by atoms with Crippen molar-refractivity contribution in [1.82, 2.24) is 20.1 Å². The largest absolute Gasteiger partial charge is 0.345 e. The number of hydrogen-bond donors (Lipinski definition) is 2. The number of thioether (sulfide) groups is 1. The lowest BCUT2D eigenvalue weighted by atomic mass is 10.2. The normalized spacial score (nSPS) is 10.8. The van der Waals surface area contributed by atoms with Crippen LogP contribution in [0.1, 0.15) is 16.2 Å². The van der Waals surface area contributed by atoms with E-state index in [1.165, 1.54) is 30.3 Å². The smallest absolute Gasteiger partial charge is 0.256 e. The van der Waals surface area contributed by atoms with E-state index >= 15 is 0 Å². The Morgan fingerprint density at radius 3 is 2.44 bits per heavy atom. The summed E-state index contributed by atoms with van der Waals surface area (Å²) < 4.78 is 29.6. The van der Waals surface area contributed by atoms with E-state index in [4.69, 9.17) is 23.2 Å². The molecule has 4 aromatic rings. The molecule has 0 atom stereocenters. The van der Waals surface area contributed by atoms with Gasteiger partial charge in [-0.1, -0.05) is 59.2 Å². The van der Waals surface area contributed by atoms with Crippen LogP contribution in [-0.4, -0.2) is 32.3 Å². The van der Waals surface area contributed by atoms with Gasteiger partial charge in [-0.05, 0) is 42.5 Å². The molecule has 184 valence electrons. The molecule has 2 amide bonds. The molecule has 4 rings (SSSR count). The second-order valence-electron chi connectivity index (χ2n) is 7.31. The Balaban J connectivity index is 1.54. The van der Waals surface area contributed by atoms with Crippen molar-refractivity contribution in [2.75, 3.05) is 11.1 Å². The van der Waals surface area contributed by atoms with Crippen LogP contribution in [0.2, 0.25) is 10.0 Å². The van der Waals surface area contributed by atoms with E-state index < -0.39 is 23.4 Å². The van der Waals surface area contributed by atoms with Crippen molar-refractivity contribution < 1.29 is 18.4 Å². The van der Waals surface area contributed by atoms with Crippen LogP contribution in [0.25, 0.3) is 5.69 Å². The molecule has 2 N–H and O–H groups in total. The first-order valence-electron chi connectivity index (χ1n) is 10.4. The van der Waals surface area contributed by atoms with Crippen LogP contribution in [0, 0.1) is 11.6 Å². The molecule has 0 unspecified atom stereocenters. The van der Waals surface area contributed by atoms with E-state index in [9.17, 15) is 18.4 Å². The van der Waals surface area contributed by atoms with Gasteiger partial charge in [-0.2, -0.15) is 0 Å². The Labute approximate surface area is 218 Å². The molecule has 1 heterocycles. The van der Waals surface area contributed by atoms with E-state index in [-0.39, 0.29) is 28.6 Å². The van der Waals surface area contributed by atoms with Gasteiger partial charge in [-0.25, -0.2) is 8.78 Å². The summed E-state index contributed by atoms with van der Waals surface area (Å²) in [5.41, 5.74) is 0.361. The number of carbonyl (C=O) groups excluding carboxylic acids is 2. The van der Waals surface area contributed by atoms with E-state index in [0.29, 0.717) is 21.7 Å². The Morgan fingerprint density at radius 2 is 1.69 bits per heavy atom. The number of rotatable bonds is 8. The summed E-state index contributed by atoms with van der Waals surface area (Å²) in [6.45, 7) is -0.120. The summed E-state index contributed by atoms with van der Waals surface area (Å²) in [5, 5.41) is 14.1. The molecule has 7 nitrogen and oxygen atoms in total. The van der Waals surface area contributed by atoms with E-state index in [1.54, 1.807) is 34.9 Å². The third kappa shape index (κ3) is 6.01. The third-order valence-electron chi connectivity index (χ3n) is 4.84. The van der Waals surface area contributed by atoms with Gasteiger partial charge in [-0.15, -0.1) is 10.2 Å².